The summed E-state index contributed by atoms with van der Waals surface area (Å²) in [6.45, 7) is 1.85. The number of aryl methyl sites for hydroxylation is 1. The molecule has 0 bridgehead atoms. The van der Waals surface area contributed by atoms with Gasteiger partial charge in [0, 0.05) is 16.9 Å². The van der Waals surface area contributed by atoms with E-state index in [0.29, 0.717) is 11.4 Å². The molecule has 0 saturated carbocycles. The first-order valence-corrected chi connectivity index (χ1v) is 6.34. The van der Waals surface area contributed by atoms with Crippen LogP contribution < -0.4 is 0 Å². The average Bonchev–Trinajstić information content (AvgIpc) is 2.37. The van der Waals surface area contributed by atoms with Crippen molar-refractivity contribution in [3.63, 3.8) is 0 Å². The molecule has 4 heteroatoms. The van der Waals surface area contributed by atoms with Crippen LogP contribution in [0.5, 0.6) is 0 Å². The summed E-state index contributed by atoms with van der Waals surface area (Å²) in [5.41, 5.74) is 2.40. The number of hydrogen-bond donors (Lipinski definition) is 1. The predicted octanol–water partition coefficient (Wildman–Crippen LogP) is 3.45. The van der Waals surface area contributed by atoms with Crippen molar-refractivity contribution >= 4 is 17.6 Å². The molecular formula is C15H14ClNO2. The van der Waals surface area contributed by atoms with Gasteiger partial charge in [-0.2, -0.15) is 0 Å². The maximum Gasteiger partial charge on any atom is 0.311 e. The Morgan fingerprint density at radius 2 is 2.11 bits per heavy atom. The summed E-state index contributed by atoms with van der Waals surface area (Å²) in [7, 11) is 0. The number of carboxylic acid groups (broad SMARTS) is 1. The minimum Gasteiger partial charge on any atom is -0.481 e. The number of aromatic nitrogens is 1. The molecule has 2 aromatic rings. The van der Waals surface area contributed by atoms with Crippen molar-refractivity contribution in [3.8, 4) is 0 Å². The largest absolute Gasteiger partial charge is 0.481 e. The summed E-state index contributed by atoms with van der Waals surface area (Å²) in [5.74, 6) is -1.47. The molecule has 0 saturated heterocycles. The van der Waals surface area contributed by atoms with Crippen molar-refractivity contribution in [3.05, 3.63) is 64.4 Å². The highest BCUT2D eigenvalue weighted by atomic mass is 35.5. The molecule has 2 rings (SSSR count). The van der Waals surface area contributed by atoms with E-state index in [1.807, 2.05) is 25.1 Å². The maximum absolute atomic E-state index is 11.5. The lowest BCUT2D eigenvalue weighted by Gasteiger charge is -2.14. The van der Waals surface area contributed by atoms with E-state index in [2.05, 4.69) is 4.98 Å². The van der Waals surface area contributed by atoms with Crippen LogP contribution in [0.4, 0.5) is 0 Å². The number of pyridine rings is 1. The molecule has 0 fully saturated rings. The van der Waals surface area contributed by atoms with Crippen LogP contribution in [0.15, 0.2) is 42.6 Å². The number of benzene rings is 1. The van der Waals surface area contributed by atoms with Crippen LogP contribution in [0.3, 0.4) is 0 Å². The summed E-state index contributed by atoms with van der Waals surface area (Å²) < 4.78 is 0. The fourth-order valence-corrected chi connectivity index (χ4v) is 2.23. The number of halogens is 1. The Labute approximate surface area is 116 Å². The molecule has 98 valence electrons. The normalized spacial score (nSPS) is 12.1. The molecule has 3 nitrogen and oxygen atoms in total. The quantitative estimate of drug-likeness (QED) is 0.930. The summed E-state index contributed by atoms with van der Waals surface area (Å²) in [6.07, 6.45) is 2.01. The molecule has 0 spiro atoms. The second-order valence-electron chi connectivity index (χ2n) is 4.42. The van der Waals surface area contributed by atoms with Gasteiger partial charge in [0.2, 0.25) is 0 Å². The van der Waals surface area contributed by atoms with Crippen molar-refractivity contribution < 1.29 is 9.90 Å². The first-order chi connectivity index (χ1) is 9.08. The average molecular weight is 276 g/mol. The third-order valence-corrected chi connectivity index (χ3v) is 3.37. The zero-order valence-corrected chi connectivity index (χ0v) is 11.3. The second-order valence-corrected chi connectivity index (χ2v) is 4.82. The smallest absolute Gasteiger partial charge is 0.311 e. The first-order valence-electron chi connectivity index (χ1n) is 5.96. The highest BCUT2D eigenvalue weighted by Gasteiger charge is 2.21. The fraction of sp³-hybridized carbons (Fsp3) is 0.200. The van der Waals surface area contributed by atoms with Gasteiger partial charge in [0.15, 0.2) is 0 Å². The number of nitrogens with zero attached hydrogens (tertiary/aromatic N) is 1. The summed E-state index contributed by atoms with van der Waals surface area (Å²) >= 11 is 6.09. The van der Waals surface area contributed by atoms with Gasteiger partial charge in [0.05, 0.1) is 5.92 Å². The van der Waals surface area contributed by atoms with E-state index in [1.54, 1.807) is 24.4 Å². The van der Waals surface area contributed by atoms with Gasteiger partial charge in [-0.25, -0.2) is 0 Å². The highest BCUT2D eigenvalue weighted by molar-refractivity contribution is 6.31. The van der Waals surface area contributed by atoms with Crippen molar-refractivity contribution in [2.45, 2.75) is 19.3 Å². The van der Waals surface area contributed by atoms with E-state index >= 15 is 0 Å². The van der Waals surface area contributed by atoms with Crippen molar-refractivity contribution in [2.75, 3.05) is 0 Å². The Hall–Kier alpha value is -1.87. The molecule has 0 amide bonds. The van der Waals surface area contributed by atoms with Crippen LogP contribution in [0.25, 0.3) is 0 Å². The molecule has 1 aromatic heterocycles. The van der Waals surface area contributed by atoms with Gasteiger partial charge < -0.3 is 5.11 Å². The Kier molecular flexibility index (Phi) is 4.17. The summed E-state index contributed by atoms with van der Waals surface area (Å²) in [6, 6.07) is 10.9. The van der Waals surface area contributed by atoms with Crippen LogP contribution in [-0.2, 0) is 11.2 Å². The third kappa shape index (κ3) is 3.32. The topological polar surface area (TPSA) is 50.2 Å². The molecule has 0 aliphatic carbocycles. The number of hydrogen-bond acceptors (Lipinski definition) is 2. The molecule has 1 heterocycles. The number of carboxylic acids is 1. The second kappa shape index (κ2) is 5.85. The Balaban J connectivity index is 2.32. The number of rotatable bonds is 4. The molecule has 1 unspecified atom stereocenters. The minimum absolute atomic E-state index is 0.373. The summed E-state index contributed by atoms with van der Waals surface area (Å²) in [5, 5.41) is 10.0. The lowest BCUT2D eigenvalue weighted by Crippen LogP contribution is -2.15. The van der Waals surface area contributed by atoms with Gasteiger partial charge in [0.25, 0.3) is 0 Å². The molecule has 1 N–H and O–H groups in total. The standard InChI is InChI=1S/C15H14ClNO2/c1-10-8-11(6-7-17-10)13(15(18)19)9-12-4-2-3-5-14(12)16/h2-8,13H,9H2,1H3,(H,18,19). The molecule has 0 radical (unpaired) electrons. The first kappa shape index (κ1) is 13.6. The van der Waals surface area contributed by atoms with E-state index in [0.717, 1.165) is 16.8 Å². The van der Waals surface area contributed by atoms with E-state index < -0.39 is 11.9 Å². The summed E-state index contributed by atoms with van der Waals surface area (Å²) in [4.78, 5) is 15.6. The SMILES string of the molecule is Cc1cc(C(Cc2ccccc2Cl)C(=O)O)ccn1. The zero-order valence-electron chi connectivity index (χ0n) is 10.5. The van der Waals surface area contributed by atoms with Crippen LogP contribution in [-0.4, -0.2) is 16.1 Å². The van der Waals surface area contributed by atoms with E-state index in [-0.39, 0.29) is 0 Å². The lowest BCUT2D eigenvalue weighted by molar-refractivity contribution is -0.138. The van der Waals surface area contributed by atoms with E-state index in [9.17, 15) is 9.90 Å². The van der Waals surface area contributed by atoms with Crippen molar-refractivity contribution in [1.82, 2.24) is 4.98 Å². The molecule has 1 aromatic carbocycles. The van der Waals surface area contributed by atoms with Gasteiger partial charge in [0.1, 0.15) is 0 Å². The van der Waals surface area contributed by atoms with Gasteiger partial charge in [-0.3, -0.25) is 9.78 Å². The Morgan fingerprint density at radius 3 is 2.74 bits per heavy atom. The zero-order chi connectivity index (χ0) is 13.8. The van der Waals surface area contributed by atoms with Gasteiger partial charge in [-0.05, 0) is 42.7 Å². The van der Waals surface area contributed by atoms with Crippen molar-refractivity contribution in [2.24, 2.45) is 0 Å². The minimum atomic E-state index is -0.856. The Bertz CT molecular complexity index is 598. The van der Waals surface area contributed by atoms with Crippen LogP contribution in [0.2, 0.25) is 5.02 Å². The van der Waals surface area contributed by atoms with E-state index in [4.69, 9.17) is 11.6 Å². The number of aliphatic carboxylic acids is 1. The van der Waals surface area contributed by atoms with Crippen LogP contribution in [0.1, 0.15) is 22.7 Å². The molecule has 19 heavy (non-hydrogen) atoms. The number of carbonyl (C=O) groups is 1. The lowest BCUT2D eigenvalue weighted by atomic mass is 9.92. The molecule has 0 aliphatic heterocycles. The maximum atomic E-state index is 11.5. The molecule has 0 aliphatic rings. The fourth-order valence-electron chi connectivity index (χ4n) is 2.02. The Morgan fingerprint density at radius 1 is 1.37 bits per heavy atom. The predicted molar refractivity (Wildman–Crippen MR) is 74.5 cm³/mol. The van der Waals surface area contributed by atoms with Gasteiger partial charge >= 0.3 is 5.97 Å². The molecular weight excluding hydrogens is 262 g/mol. The highest BCUT2D eigenvalue weighted by Crippen LogP contribution is 2.25. The third-order valence-electron chi connectivity index (χ3n) is 3.00. The van der Waals surface area contributed by atoms with Gasteiger partial charge in [-0.1, -0.05) is 29.8 Å². The van der Waals surface area contributed by atoms with E-state index in [1.165, 1.54) is 0 Å². The molecule has 1 atom stereocenters. The van der Waals surface area contributed by atoms with Crippen molar-refractivity contribution in [1.29, 1.82) is 0 Å². The monoisotopic (exact) mass is 275 g/mol. The van der Waals surface area contributed by atoms with Crippen LogP contribution >= 0.6 is 11.6 Å². The van der Waals surface area contributed by atoms with Crippen LogP contribution in [0, 0.1) is 6.92 Å². The van der Waals surface area contributed by atoms with Gasteiger partial charge in [-0.15, -0.1) is 0 Å².